The first-order chi connectivity index (χ1) is 6.33. The third kappa shape index (κ3) is 1.31. The van der Waals surface area contributed by atoms with Crippen LogP contribution < -0.4 is 10.4 Å². The highest BCUT2D eigenvalue weighted by Gasteiger charge is 2.10. The zero-order valence-corrected chi connectivity index (χ0v) is 7.71. The van der Waals surface area contributed by atoms with Gasteiger partial charge in [0.05, 0.1) is 0 Å². The predicted molar refractivity (Wildman–Crippen MR) is 53.5 cm³/mol. The van der Waals surface area contributed by atoms with Crippen molar-refractivity contribution in [2.45, 2.75) is 19.8 Å². The second kappa shape index (κ2) is 3.17. The van der Waals surface area contributed by atoms with Gasteiger partial charge in [-0.15, -0.1) is 0 Å². The molecule has 0 bridgehead atoms. The molecule has 0 amide bonds. The van der Waals surface area contributed by atoms with Gasteiger partial charge in [-0.25, -0.2) is 0 Å². The minimum Gasteiger partial charge on any atom is -0.294 e. The van der Waals surface area contributed by atoms with Gasteiger partial charge in [0.1, 0.15) is 0 Å². The number of carbonyl (C=O) groups is 1. The van der Waals surface area contributed by atoms with Crippen LogP contribution in [-0.4, -0.2) is 5.78 Å². The van der Waals surface area contributed by atoms with Gasteiger partial charge in [-0.3, -0.25) is 4.79 Å². The first-order valence-corrected chi connectivity index (χ1v) is 4.64. The van der Waals surface area contributed by atoms with E-state index in [1.807, 2.05) is 31.2 Å². The molecule has 0 N–H and O–H groups in total. The molecule has 1 aliphatic carbocycles. The lowest BCUT2D eigenvalue weighted by atomic mass is 9.97. The molecular weight excluding hydrogens is 160 g/mol. The lowest BCUT2D eigenvalue weighted by Gasteiger charge is -2.07. The number of hydrogen-bond donors (Lipinski definition) is 0. The van der Waals surface area contributed by atoms with E-state index in [4.69, 9.17) is 0 Å². The van der Waals surface area contributed by atoms with Crippen molar-refractivity contribution in [1.29, 1.82) is 0 Å². The van der Waals surface area contributed by atoms with Crippen LogP contribution in [-0.2, 0) is 4.79 Å². The Morgan fingerprint density at radius 2 is 2.08 bits per heavy atom. The van der Waals surface area contributed by atoms with E-state index in [1.54, 1.807) is 0 Å². The summed E-state index contributed by atoms with van der Waals surface area (Å²) in [6.07, 6.45) is 3.42. The third-order valence-corrected chi connectivity index (χ3v) is 2.48. The second-order valence-electron chi connectivity index (χ2n) is 3.25. The van der Waals surface area contributed by atoms with Gasteiger partial charge in [-0.2, -0.15) is 0 Å². The number of hydrogen-bond acceptors (Lipinski definition) is 1. The highest BCUT2D eigenvalue weighted by Crippen LogP contribution is 2.06. The van der Waals surface area contributed by atoms with Gasteiger partial charge in [0, 0.05) is 12.0 Å². The van der Waals surface area contributed by atoms with Crippen molar-refractivity contribution >= 4 is 17.4 Å². The third-order valence-electron chi connectivity index (χ3n) is 2.48. The van der Waals surface area contributed by atoms with Crippen LogP contribution in [0.1, 0.15) is 19.8 Å². The van der Waals surface area contributed by atoms with Crippen LogP contribution in [0.15, 0.2) is 24.3 Å². The topological polar surface area (TPSA) is 17.1 Å². The molecule has 1 aliphatic rings. The molecule has 0 saturated heterocycles. The molecule has 0 fully saturated rings. The van der Waals surface area contributed by atoms with Gasteiger partial charge in [0.2, 0.25) is 0 Å². The highest BCUT2D eigenvalue weighted by molar-refractivity contribution is 6.17. The molecule has 0 atom stereocenters. The lowest BCUT2D eigenvalue weighted by Crippen LogP contribution is -2.32. The smallest absolute Gasteiger partial charge is 0.163 e. The molecule has 0 saturated carbocycles. The summed E-state index contributed by atoms with van der Waals surface area (Å²) in [7, 11) is 0. The second-order valence-corrected chi connectivity index (χ2v) is 3.25. The zero-order valence-electron chi connectivity index (χ0n) is 7.71. The van der Waals surface area contributed by atoms with Crippen molar-refractivity contribution in [3.63, 3.8) is 0 Å². The Bertz CT molecular complexity index is 454. The summed E-state index contributed by atoms with van der Waals surface area (Å²) in [5.41, 5.74) is 0.984. The molecule has 0 heterocycles. The van der Waals surface area contributed by atoms with Gasteiger partial charge >= 0.3 is 0 Å². The SMILES string of the molecule is CCC1=c2ccccc2=CCC1=O. The molecule has 0 radical (unpaired) electrons. The van der Waals surface area contributed by atoms with Crippen molar-refractivity contribution in [3.8, 4) is 0 Å². The maximum atomic E-state index is 11.5. The molecule has 0 spiro atoms. The fraction of sp³-hybridized carbons (Fsp3) is 0.250. The Labute approximate surface area is 77.4 Å². The summed E-state index contributed by atoms with van der Waals surface area (Å²) < 4.78 is 0. The van der Waals surface area contributed by atoms with Crippen molar-refractivity contribution in [2.24, 2.45) is 0 Å². The first-order valence-electron chi connectivity index (χ1n) is 4.64. The molecule has 1 nitrogen and oxygen atoms in total. The molecule has 0 unspecified atom stereocenters. The summed E-state index contributed by atoms with van der Waals surface area (Å²) in [5.74, 6) is 0.279. The molecule has 1 aromatic carbocycles. The molecule has 13 heavy (non-hydrogen) atoms. The summed E-state index contributed by atoms with van der Waals surface area (Å²) in [4.78, 5) is 11.5. The maximum absolute atomic E-state index is 11.5. The Hall–Kier alpha value is -1.37. The number of ketones is 1. The fourth-order valence-corrected chi connectivity index (χ4v) is 1.81. The van der Waals surface area contributed by atoms with Crippen LogP contribution in [0.5, 0.6) is 0 Å². The average Bonchev–Trinajstić information content (AvgIpc) is 2.18. The van der Waals surface area contributed by atoms with Crippen LogP contribution in [0.25, 0.3) is 11.6 Å². The Morgan fingerprint density at radius 3 is 2.85 bits per heavy atom. The summed E-state index contributed by atoms with van der Waals surface area (Å²) >= 11 is 0. The lowest BCUT2D eigenvalue weighted by molar-refractivity contribution is -0.113. The van der Waals surface area contributed by atoms with Gasteiger partial charge in [0.25, 0.3) is 0 Å². The van der Waals surface area contributed by atoms with E-state index in [0.29, 0.717) is 6.42 Å². The number of Topliss-reactive ketones (excluding diaryl/α,β-unsaturated/α-hetero) is 1. The molecule has 2 rings (SSSR count). The maximum Gasteiger partial charge on any atom is 0.163 e. The van der Waals surface area contributed by atoms with E-state index in [9.17, 15) is 4.79 Å². The standard InChI is InChI=1S/C12H12O/c1-2-10-11-6-4-3-5-9(11)7-8-12(10)13/h3-7H,2,8H2,1H3. The largest absolute Gasteiger partial charge is 0.294 e. The number of benzene rings is 1. The summed E-state index contributed by atoms with van der Waals surface area (Å²) in [6, 6.07) is 8.10. The van der Waals surface area contributed by atoms with Crippen LogP contribution >= 0.6 is 0 Å². The average molecular weight is 172 g/mol. The molecule has 1 heteroatoms. The number of rotatable bonds is 1. The molecule has 0 aromatic heterocycles. The van der Waals surface area contributed by atoms with Crippen molar-refractivity contribution in [2.75, 3.05) is 0 Å². The zero-order chi connectivity index (χ0) is 9.26. The van der Waals surface area contributed by atoms with Gasteiger partial charge < -0.3 is 0 Å². The van der Waals surface area contributed by atoms with Crippen molar-refractivity contribution in [3.05, 3.63) is 34.7 Å². The number of fused-ring (bicyclic) bond motifs is 1. The van der Waals surface area contributed by atoms with E-state index in [2.05, 4.69) is 6.07 Å². The Morgan fingerprint density at radius 1 is 1.31 bits per heavy atom. The fourth-order valence-electron chi connectivity index (χ4n) is 1.81. The molecule has 0 aliphatic heterocycles. The van der Waals surface area contributed by atoms with E-state index >= 15 is 0 Å². The summed E-state index contributed by atoms with van der Waals surface area (Å²) in [5, 5.41) is 2.33. The molecule has 1 aromatic rings. The Balaban J connectivity index is 2.85. The quantitative estimate of drug-likeness (QED) is 0.617. The normalized spacial score (nSPS) is 15.2. The van der Waals surface area contributed by atoms with Gasteiger partial charge in [-0.05, 0) is 16.9 Å². The number of carbonyl (C=O) groups excluding carboxylic acids is 1. The van der Waals surface area contributed by atoms with Crippen molar-refractivity contribution < 1.29 is 4.79 Å². The monoisotopic (exact) mass is 172 g/mol. The minimum absolute atomic E-state index is 0.279. The summed E-state index contributed by atoms with van der Waals surface area (Å²) in [6.45, 7) is 2.04. The van der Waals surface area contributed by atoms with Crippen LogP contribution in [0.3, 0.4) is 0 Å². The first kappa shape index (κ1) is 8.24. The van der Waals surface area contributed by atoms with Crippen LogP contribution in [0.2, 0.25) is 0 Å². The van der Waals surface area contributed by atoms with E-state index in [0.717, 1.165) is 17.2 Å². The molecular formula is C12H12O. The van der Waals surface area contributed by atoms with E-state index in [1.165, 1.54) is 5.22 Å². The van der Waals surface area contributed by atoms with Gasteiger partial charge in [0.15, 0.2) is 5.78 Å². The predicted octanol–water partition coefficient (Wildman–Crippen LogP) is 1.00. The van der Waals surface area contributed by atoms with Crippen LogP contribution in [0.4, 0.5) is 0 Å². The van der Waals surface area contributed by atoms with Gasteiger partial charge in [-0.1, -0.05) is 37.3 Å². The van der Waals surface area contributed by atoms with Crippen LogP contribution in [0, 0.1) is 0 Å². The Kier molecular flexibility index (Phi) is 2.01. The minimum atomic E-state index is 0.279. The van der Waals surface area contributed by atoms with Crippen molar-refractivity contribution in [1.82, 2.24) is 0 Å². The highest BCUT2D eigenvalue weighted by atomic mass is 16.1. The van der Waals surface area contributed by atoms with E-state index in [-0.39, 0.29) is 5.78 Å². The van der Waals surface area contributed by atoms with E-state index < -0.39 is 0 Å². The molecule has 66 valence electrons.